The van der Waals surface area contributed by atoms with Crippen molar-refractivity contribution in [3.63, 3.8) is 0 Å². The molecule has 1 fully saturated rings. The van der Waals surface area contributed by atoms with Crippen LogP contribution in [0.4, 0.5) is 10.7 Å². The zero-order valence-electron chi connectivity index (χ0n) is 17.9. The highest BCUT2D eigenvalue weighted by Crippen LogP contribution is 2.35. The van der Waals surface area contributed by atoms with Crippen molar-refractivity contribution in [2.75, 3.05) is 20.7 Å². The predicted octanol–water partition coefficient (Wildman–Crippen LogP) is 1.77. The number of aromatic nitrogens is 2. The average Bonchev–Trinajstić information content (AvgIpc) is 3.19. The number of rotatable bonds is 4. The van der Waals surface area contributed by atoms with Gasteiger partial charge in [-0.3, -0.25) is 19.4 Å². The Morgan fingerprint density at radius 2 is 1.93 bits per heavy atom. The maximum Gasteiger partial charge on any atom is 0.407 e. The van der Waals surface area contributed by atoms with E-state index in [0.717, 1.165) is 27.5 Å². The minimum atomic E-state index is -0.794. The summed E-state index contributed by atoms with van der Waals surface area (Å²) in [6, 6.07) is 4.50. The lowest BCUT2D eigenvalue weighted by Gasteiger charge is -2.32. The number of amidine groups is 1. The largest absolute Gasteiger partial charge is 0.493 e. The second-order valence-corrected chi connectivity index (χ2v) is 7.69. The van der Waals surface area contributed by atoms with Crippen LogP contribution in [0.1, 0.15) is 29.9 Å². The quantitative estimate of drug-likeness (QED) is 0.719. The molecule has 1 aromatic carbocycles. The van der Waals surface area contributed by atoms with Gasteiger partial charge in [0.1, 0.15) is 22.9 Å². The van der Waals surface area contributed by atoms with Crippen LogP contribution in [0.2, 0.25) is 0 Å². The van der Waals surface area contributed by atoms with E-state index < -0.39 is 18.0 Å². The molecule has 1 atom stereocenters. The number of likely N-dealkylation sites (N-methyl/N-ethyl adjacent to an activating group) is 1. The first-order valence-electron chi connectivity index (χ1n) is 9.62. The summed E-state index contributed by atoms with van der Waals surface area (Å²) in [7, 11) is 3.18. The summed E-state index contributed by atoms with van der Waals surface area (Å²) < 4.78 is 9.32. The molecule has 3 heterocycles. The van der Waals surface area contributed by atoms with Crippen LogP contribution in [0, 0.1) is 20.8 Å². The Labute approximate surface area is 174 Å². The van der Waals surface area contributed by atoms with Crippen LogP contribution in [0.3, 0.4) is 0 Å². The van der Waals surface area contributed by atoms with Gasteiger partial charge in [-0.2, -0.15) is 4.57 Å². The van der Waals surface area contributed by atoms with Gasteiger partial charge in [0.05, 0.1) is 13.7 Å². The third kappa shape index (κ3) is 2.65. The van der Waals surface area contributed by atoms with Crippen molar-refractivity contribution in [3.8, 4) is 11.4 Å². The van der Waals surface area contributed by atoms with Gasteiger partial charge in [0, 0.05) is 7.05 Å². The van der Waals surface area contributed by atoms with E-state index in [1.165, 1.54) is 11.8 Å². The standard InChI is InChI=1S/C21H24N5O4/c1-11-7-8-16(30-6)15(9-11)25-13(3)14(4)26-17-18(22-20(25)26)23(5)21(29)24(19(17)28)10-12(2)27/h7-9,17H,10H2,1-6H3/q+1. The number of amides is 3. The van der Waals surface area contributed by atoms with E-state index in [0.29, 0.717) is 17.5 Å². The minimum Gasteiger partial charge on any atom is -0.493 e. The summed E-state index contributed by atoms with van der Waals surface area (Å²) in [5, 5.41) is 0. The molecular formula is C21H24N5O4+. The molecule has 0 spiro atoms. The molecule has 9 heteroatoms. The van der Waals surface area contributed by atoms with E-state index in [1.54, 1.807) is 14.2 Å². The Morgan fingerprint density at radius 3 is 2.57 bits per heavy atom. The van der Waals surface area contributed by atoms with Crippen LogP contribution >= 0.6 is 0 Å². The third-order valence-corrected chi connectivity index (χ3v) is 5.67. The first kappa shape index (κ1) is 19.8. The van der Waals surface area contributed by atoms with Gasteiger partial charge in [-0.25, -0.2) is 9.36 Å². The number of imide groups is 1. The number of carbonyl (C=O) groups is 3. The van der Waals surface area contributed by atoms with Crippen LogP contribution < -0.4 is 9.30 Å². The van der Waals surface area contributed by atoms with Gasteiger partial charge in [0.15, 0.2) is 5.75 Å². The fourth-order valence-electron chi connectivity index (χ4n) is 4.07. The number of benzene rings is 1. The van der Waals surface area contributed by atoms with Crippen molar-refractivity contribution >= 4 is 29.5 Å². The number of aliphatic imine (C=N–C) groups is 1. The predicted molar refractivity (Wildman–Crippen MR) is 108 cm³/mol. The number of fused-ring (bicyclic) bond motifs is 3. The summed E-state index contributed by atoms with van der Waals surface area (Å²) >= 11 is 0. The number of nitrogens with zero attached hydrogens (tertiary/aromatic N) is 5. The second kappa shape index (κ2) is 6.79. The fourth-order valence-corrected chi connectivity index (χ4v) is 4.07. The summed E-state index contributed by atoms with van der Waals surface area (Å²) in [6.07, 6.45) is 0. The van der Waals surface area contributed by atoms with E-state index in [1.807, 2.05) is 48.1 Å². The maximum atomic E-state index is 13.2. The highest BCUT2D eigenvalue weighted by molar-refractivity contribution is 6.19. The molecule has 2 aliphatic heterocycles. The zero-order chi connectivity index (χ0) is 21.9. The van der Waals surface area contributed by atoms with E-state index in [-0.39, 0.29) is 12.3 Å². The molecule has 1 saturated heterocycles. The van der Waals surface area contributed by atoms with Crippen molar-refractivity contribution in [1.82, 2.24) is 14.4 Å². The minimum absolute atomic E-state index is 0.258. The number of carbonyl (C=O) groups excluding carboxylic acids is 3. The molecule has 3 amide bonds. The molecule has 156 valence electrons. The van der Waals surface area contributed by atoms with Crippen LogP contribution in [0.25, 0.3) is 5.69 Å². The van der Waals surface area contributed by atoms with Crippen LogP contribution in [0.15, 0.2) is 23.2 Å². The summed E-state index contributed by atoms with van der Waals surface area (Å²) in [4.78, 5) is 44.6. The normalized spacial score (nSPS) is 17.8. The number of methoxy groups -OCH3 is 1. The lowest BCUT2D eigenvalue weighted by Crippen LogP contribution is -2.63. The zero-order valence-corrected chi connectivity index (χ0v) is 17.9. The maximum absolute atomic E-state index is 13.2. The SMILES string of the molecule is COc1ccc(C)cc1-n1c(C)c(C)[n+]2c1N=C1C2C(=O)N(CC(C)=O)C(=O)N1C. The van der Waals surface area contributed by atoms with Gasteiger partial charge in [0.25, 0.3) is 5.91 Å². The summed E-state index contributed by atoms with van der Waals surface area (Å²) in [5.41, 5.74) is 3.60. The topological polar surface area (TPSA) is 88.1 Å². The van der Waals surface area contributed by atoms with Gasteiger partial charge in [0.2, 0.25) is 11.9 Å². The summed E-state index contributed by atoms with van der Waals surface area (Å²) in [6.45, 7) is 6.95. The smallest absolute Gasteiger partial charge is 0.407 e. The van der Waals surface area contributed by atoms with Gasteiger partial charge in [-0.05, 0) is 45.4 Å². The second-order valence-electron chi connectivity index (χ2n) is 7.69. The van der Waals surface area contributed by atoms with Crippen molar-refractivity contribution in [2.24, 2.45) is 4.99 Å². The number of Topliss-reactive ketones (excluding diaryl/α,β-unsaturated/α-hetero) is 1. The number of ether oxygens (including phenoxy) is 1. The molecular weight excluding hydrogens is 386 g/mol. The van der Waals surface area contributed by atoms with Crippen LogP contribution in [0.5, 0.6) is 5.75 Å². The molecule has 2 aromatic rings. The molecule has 1 aromatic heterocycles. The van der Waals surface area contributed by atoms with Crippen molar-refractivity contribution < 1.29 is 23.7 Å². The Kier molecular flexibility index (Phi) is 4.48. The van der Waals surface area contributed by atoms with Gasteiger partial charge >= 0.3 is 12.0 Å². The van der Waals surface area contributed by atoms with Crippen molar-refractivity contribution in [1.29, 1.82) is 0 Å². The number of urea groups is 1. The van der Waals surface area contributed by atoms with Gasteiger partial charge in [-0.15, -0.1) is 0 Å². The number of aryl methyl sites for hydroxylation is 1. The Hall–Kier alpha value is -3.49. The van der Waals surface area contributed by atoms with Crippen molar-refractivity contribution in [2.45, 2.75) is 33.7 Å². The highest BCUT2D eigenvalue weighted by Gasteiger charge is 2.54. The fraction of sp³-hybridized carbons (Fsp3) is 0.381. The lowest BCUT2D eigenvalue weighted by atomic mass is 10.1. The van der Waals surface area contributed by atoms with Crippen LogP contribution in [-0.2, 0) is 9.59 Å². The molecule has 30 heavy (non-hydrogen) atoms. The highest BCUT2D eigenvalue weighted by atomic mass is 16.5. The number of hydrogen-bond donors (Lipinski definition) is 0. The lowest BCUT2D eigenvalue weighted by molar-refractivity contribution is -0.682. The molecule has 0 N–H and O–H groups in total. The average molecular weight is 410 g/mol. The first-order valence-corrected chi connectivity index (χ1v) is 9.62. The first-order chi connectivity index (χ1) is 14.2. The number of imidazole rings is 1. The van der Waals surface area contributed by atoms with E-state index in [2.05, 4.69) is 0 Å². The van der Waals surface area contributed by atoms with E-state index in [4.69, 9.17) is 9.73 Å². The van der Waals surface area contributed by atoms with E-state index in [9.17, 15) is 14.4 Å². The van der Waals surface area contributed by atoms with Gasteiger partial charge in [-0.1, -0.05) is 11.1 Å². The molecule has 2 aliphatic rings. The Balaban J connectivity index is 1.94. The molecule has 4 rings (SSSR count). The Morgan fingerprint density at radius 1 is 1.23 bits per heavy atom. The molecule has 0 aliphatic carbocycles. The molecule has 0 saturated carbocycles. The molecule has 9 nitrogen and oxygen atoms in total. The Bertz CT molecular complexity index is 1150. The molecule has 1 unspecified atom stereocenters. The van der Waals surface area contributed by atoms with Gasteiger partial charge < -0.3 is 4.74 Å². The molecule has 0 radical (unpaired) electrons. The monoisotopic (exact) mass is 410 g/mol. The van der Waals surface area contributed by atoms with Crippen LogP contribution in [-0.4, -0.2) is 58.6 Å². The number of hydrogen-bond acceptors (Lipinski definition) is 5. The third-order valence-electron chi connectivity index (χ3n) is 5.67. The molecule has 0 bridgehead atoms. The summed E-state index contributed by atoms with van der Waals surface area (Å²) in [5.74, 6) is 0.844. The van der Waals surface area contributed by atoms with Crippen molar-refractivity contribution in [3.05, 3.63) is 35.2 Å². The number of ketones is 1. The van der Waals surface area contributed by atoms with E-state index >= 15 is 0 Å².